The summed E-state index contributed by atoms with van der Waals surface area (Å²) in [5.41, 5.74) is 1.71. The third-order valence-corrected chi connectivity index (χ3v) is 5.18. The summed E-state index contributed by atoms with van der Waals surface area (Å²) < 4.78 is 12.1. The Bertz CT molecular complexity index is 1120. The van der Waals surface area contributed by atoms with Crippen LogP contribution in [0.4, 0.5) is 5.69 Å². The van der Waals surface area contributed by atoms with Crippen LogP contribution in [-0.4, -0.2) is 24.7 Å². The van der Waals surface area contributed by atoms with Gasteiger partial charge in [0.2, 0.25) is 5.91 Å². The molecule has 152 valence electrons. The van der Waals surface area contributed by atoms with Gasteiger partial charge in [-0.1, -0.05) is 30.7 Å². The topological polar surface area (TPSA) is 69.6 Å². The number of halogens is 1. The fourth-order valence-corrected chi connectivity index (χ4v) is 3.72. The molecule has 1 amide bonds. The molecule has 0 fully saturated rings. The first-order valence-electron chi connectivity index (χ1n) is 9.24. The van der Waals surface area contributed by atoms with Gasteiger partial charge < -0.3 is 14.8 Å². The third-order valence-electron chi connectivity index (χ3n) is 4.88. The van der Waals surface area contributed by atoms with E-state index in [1.54, 1.807) is 37.4 Å². The molecule has 0 saturated carbocycles. The van der Waals surface area contributed by atoms with Crippen molar-refractivity contribution in [2.24, 2.45) is 0 Å². The Balaban J connectivity index is 2.08. The molecule has 1 heterocycles. The number of carbonyl (C=O) groups is 1. The normalized spacial score (nSPS) is 11.9. The fourth-order valence-electron chi connectivity index (χ4n) is 3.46. The van der Waals surface area contributed by atoms with E-state index >= 15 is 0 Å². The van der Waals surface area contributed by atoms with Crippen molar-refractivity contribution in [3.63, 3.8) is 0 Å². The molecule has 0 saturated heterocycles. The van der Waals surface area contributed by atoms with Gasteiger partial charge in [-0.05, 0) is 43.2 Å². The van der Waals surface area contributed by atoms with Crippen molar-refractivity contribution in [1.82, 2.24) is 4.57 Å². The van der Waals surface area contributed by atoms with E-state index in [-0.39, 0.29) is 11.5 Å². The molecule has 6 nitrogen and oxygen atoms in total. The number of nitrogens with one attached hydrogen (secondary N) is 1. The number of pyridine rings is 1. The maximum Gasteiger partial charge on any atom is 0.252 e. The summed E-state index contributed by atoms with van der Waals surface area (Å²) in [6, 6.07) is 11.4. The summed E-state index contributed by atoms with van der Waals surface area (Å²) in [5.74, 6) is 0.746. The molecule has 1 N–H and O–H groups in total. The highest BCUT2D eigenvalue weighted by molar-refractivity contribution is 6.32. The first-order valence-corrected chi connectivity index (χ1v) is 9.62. The zero-order chi connectivity index (χ0) is 21.1. The van der Waals surface area contributed by atoms with Gasteiger partial charge in [0, 0.05) is 17.1 Å². The molecule has 0 bridgehead atoms. The van der Waals surface area contributed by atoms with Crippen molar-refractivity contribution < 1.29 is 14.3 Å². The zero-order valence-electron chi connectivity index (χ0n) is 16.8. The number of para-hydroxylation sites is 1. The Kier molecular flexibility index (Phi) is 6.13. The predicted molar refractivity (Wildman–Crippen MR) is 115 cm³/mol. The quantitative estimate of drug-likeness (QED) is 0.641. The summed E-state index contributed by atoms with van der Waals surface area (Å²) >= 11 is 6.16. The average molecular weight is 415 g/mol. The largest absolute Gasteiger partial charge is 0.495 e. The van der Waals surface area contributed by atoms with Crippen LogP contribution in [0.5, 0.6) is 11.5 Å². The number of amides is 1. The van der Waals surface area contributed by atoms with Crippen LogP contribution in [0.15, 0.2) is 47.3 Å². The minimum atomic E-state index is -0.720. The van der Waals surface area contributed by atoms with E-state index in [0.717, 1.165) is 10.9 Å². The van der Waals surface area contributed by atoms with Crippen molar-refractivity contribution in [3.8, 4) is 11.5 Å². The first-order chi connectivity index (χ1) is 13.9. The molecular formula is C22H23ClN2O4. The van der Waals surface area contributed by atoms with E-state index in [1.165, 1.54) is 11.7 Å². The number of ether oxygens (including phenoxy) is 2. The molecule has 0 aliphatic rings. The minimum absolute atomic E-state index is 0.255. The van der Waals surface area contributed by atoms with Gasteiger partial charge in [0.05, 0.1) is 24.8 Å². The zero-order valence-corrected chi connectivity index (χ0v) is 17.5. The standard InChI is InChI=1S/C22H23ClN2O4/c1-5-17(22(27)24-14-9-10-18(28-3)16(23)12-14)25-20(26)11-13(2)15-7-6-8-19(29-4)21(15)25/h6-12,17H,5H2,1-4H3,(H,24,27). The summed E-state index contributed by atoms with van der Waals surface area (Å²) in [6.07, 6.45) is 0.422. The van der Waals surface area contributed by atoms with E-state index in [1.807, 2.05) is 26.0 Å². The van der Waals surface area contributed by atoms with E-state index in [9.17, 15) is 9.59 Å². The number of methoxy groups -OCH3 is 2. The van der Waals surface area contributed by atoms with E-state index in [4.69, 9.17) is 21.1 Å². The van der Waals surface area contributed by atoms with Crippen LogP contribution in [0.25, 0.3) is 10.9 Å². The molecule has 1 unspecified atom stereocenters. The van der Waals surface area contributed by atoms with Gasteiger partial charge in [0.1, 0.15) is 17.5 Å². The van der Waals surface area contributed by atoms with Gasteiger partial charge in [0.15, 0.2) is 0 Å². The summed E-state index contributed by atoms with van der Waals surface area (Å²) in [7, 11) is 3.07. The molecule has 2 aromatic carbocycles. The number of aromatic nitrogens is 1. The summed E-state index contributed by atoms with van der Waals surface area (Å²) in [6.45, 7) is 3.73. The van der Waals surface area contributed by atoms with Gasteiger partial charge in [-0.25, -0.2) is 0 Å². The lowest BCUT2D eigenvalue weighted by molar-refractivity contribution is -0.119. The van der Waals surface area contributed by atoms with E-state index < -0.39 is 6.04 Å². The lowest BCUT2D eigenvalue weighted by atomic mass is 10.1. The summed E-state index contributed by atoms with van der Waals surface area (Å²) in [4.78, 5) is 26.0. The molecule has 0 aliphatic carbocycles. The minimum Gasteiger partial charge on any atom is -0.495 e. The van der Waals surface area contributed by atoms with Crippen LogP contribution in [0.1, 0.15) is 24.9 Å². The maximum absolute atomic E-state index is 13.1. The number of anilines is 1. The Hall–Kier alpha value is -2.99. The number of nitrogens with zero attached hydrogens (tertiary/aromatic N) is 1. The Labute approximate surface area is 174 Å². The first kappa shape index (κ1) is 20.7. The highest BCUT2D eigenvalue weighted by Crippen LogP contribution is 2.31. The van der Waals surface area contributed by atoms with Crippen LogP contribution in [0.2, 0.25) is 5.02 Å². The van der Waals surface area contributed by atoms with Gasteiger partial charge in [0.25, 0.3) is 5.56 Å². The SMILES string of the molecule is CCC(C(=O)Nc1ccc(OC)c(Cl)c1)n1c(=O)cc(C)c2cccc(OC)c21. The second kappa shape index (κ2) is 8.57. The van der Waals surface area contributed by atoms with Gasteiger partial charge in [-0.15, -0.1) is 0 Å². The molecule has 0 spiro atoms. The Morgan fingerprint density at radius 2 is 1.86 bits per heavy atom. The van der Waals surface area contributed by atoms with Gasteiger partial charge in [-0.3, -0.25) is 14.2 Å². The number of aryl methyl sites for hydroxylation is 1. The number of benzene rings is 2. The summed E-state index contributed by atoms with van der Waals surface area (Å²) in [5, 5.41) is 4.10. The monoisotopic (exact) mass is 414 g/mol. The lowest BCUT2D eigenvalue weighted by Crippen LogP contribution is -2.33. The Morgan fingerprint density at radius 3 is 2.48 bits per heavy atom. The molecular weight excluding hydrogens is 392 g/mol. The smallest absolute Gasteiger partial charge is 0.252 e. The second-order valence-electron chi connectivity index (χ2n) is 6.65. The molecule has 0 aliphatic heterocycles. The third kappa shape index (κ3) is 3.93. The van der Waals surface area contributed by atoms with Crippen LogP contribution in [0.3, 0.4) is 0 Å². The predicted octanol–water partition coefficient (Wildman–Crippen LogP) is 4.57. The number of carbonyl (C=O) groups excluding carboxylic acids is 1. The van der Waals surface area contributed by atoms with Crippen molar-refractivity contribution in [2.75, 3.05) is 19.5 Å². The molecule has 1 aromatic heterocycles. The van der Waals surface area contributed by atoms with Crippen LogP contribution < -0.4 is 20.3 Å². The number of rotatable bonds is 6. The lowest BCUT2D eigenvalue weighted by Gasteiger charge is -2.22. The molecule has 3 rings (SSSR count). The van der Waals surface area contributed by atoms with Crippen molar-refractivity contribution in [2.45, 2.75) is 26.3 Å². The fraction of sp³-hybridized carbons (Fsp3) is 0.273. The number of hydrogen-bond donors (Lipinski definition) is 1. The van der Waals surface area contributed by atoms with Crippen molar-refractivity contribution in [1.29, 1.82) is 0 Å². The van der Waals surface area contributed by atoms with Gasteiger partial charge >= 0.3 is 0 Å². The van der Waals surface area contributed by atoms with Crippen molar-refractivity contribution in [3.05, 3.63) is 63.4 Å². The van der Waals surface area contributed by atoms with E-state index in [2.05, 4.69) is 5.32 Å². The highest BCUT2D eigenvalue weighted by Gasteiger charge is 2.24. The number of hydrogen-bond acceptors (Lipinski definition) is 4. The molecule has 7 heteroatoms. The van der Waals surface area contributed by atoms with Crippen LogP contribution >= 0.6 is 11.6 Å². The highest BCUT2D eigenvalue weighted by atomic mass is 35.5. The molecule has 1 atom stereocenters. The maximum atomic E-state index is 13.1. The average Bonchev–Trinajstić information content (AvgIpc) is 2.70. The van der Waals surface area contributed by atoms with E-state index in [0.29, 0.717) is 34.1 Å². The Morgan fingerprint density at radius 1 is 1.14 bits per heavy atom. The number of fused-ring (bicyclic) bond motifs is 1. The van der Waals surface area contributed by atoms with Crippen LogP contribution in [-0.2, 0) is 4.79 Å². The molecule has 0 radical (unpaired) electrons. The molecule has 3 aromatic rings. The molecule has 29 heavy (non-hydrogen) atoms. The van der Waals surface area contributed by atoms with Crippen molar-refractivity contribution >= 4 is 34.1 Å². The van der Waals surface area contributed by atoms with Gasteiger partial charge in [-0.2, -0.15) is 0 Å². The second-order valence-corrected chi connectivity index (χ2v) is 7.06. The van der Waals surface area contributed by atoms with Crippen LogP contribution in [0, 0.1) is 6.92 Å².